The fourth-order valence-corrected chi connectivity index (χ4v) is 3.85. The number of para-hydroxylation sites is 1. The first-order valence-corrected chi connectivity index (χ1v) is 9.97. The van der Waals surface area contributed by atoms with E-state index in [9.17, 15) is 4.79 Å². The number of aromatic carboxylic acids is 1. The van der Waals surface area contributed by atoms with Gasteiger partial charge in [-0.05, 0) is 31.2 Å². The van der Waals surface area contributed by atoms with E-state index in [1.165, 1.54) is 21.6 Å². The van der Waals surface area contributed by atoms with Gasteiger partial charge < -0.3 is 10.0 Å². The number of carbonyl (C=O) groups is 1. The lowest BCUT2D eigenvalue weighted by molar-refractivity contribution is 0.0697. The molecule has 134 valence electrons. The average molecular weight is 364 g/mol. The number of carboxylic acid groups (broad SMARTS) is 1. The molecule has 3 aromatic rings. The quantitative estimate of drug-likeness (QED) is 0.724. The van der Waals surface area contributed by atoms with Gasteiger partial charge in [0.25, 0.3) is 0 Å². The Labute approximate surface area is 157 Å². The highest BCUT2D eigenvalue weighted by molar-refractivity contribution is 6.67. The molecule has 0 heterocycles. The molecule has 4 heteroatoms. The Kier molecular flexibility index (Phi) is 7.18. The Morgan fingerprint density at radius 1 is 0.808 bits per heavy atom. The third-order valence-electron chi connectivity index (χ3n) is 4.00. The molecule has 0 spiro atoms. The van der Waals surface area contributed by atoms with Gasteiger partial charge in [-0.3, -0.25) is 0 Å². The van der Waals surface area contributed by atoms with Crippen LogP contribution in [0.3, 0.4) is 0 Å². The number of benzene rings is 3. The molecule has 0 saturated heterocycles. The SMILES string of the molecule is CN(C)c1ccccc1.Cc1ccc([SiH2]c2ccc(C(=O)O)cc2)cc1. The Morgan fingerprint density at radius 2 is 1.31 bits per heavy atom. The molecule has 0 aliphatic rings. The molecular formula is C22H25NO2Si. The first kappa shape index (κ1) is 19.5. The standard InChI is InChI=1S/C14H14O2Si.C8H11N/c1-10-2-6-12(7-3-10)17-13-8-4-11(5-9-13)14(15)16;1-9(2)8-6-4-3-5-7-8/h2-9H,17H2,1H3,(H,15,16);3-7H,1-2H3. The summed E-state index contributed by atoms with van der Waals surface area (Å²) in [7, 11) is 3.59. The largest absolute Gasteiger partial charge is 0.478 e. The predicted octanol–water partition coefficient (Wildman–Crippen LogP) is 2.57. The lowest BCUT2D eigenvalue weighted by atomic mass is 10.2. The maximum Gasteiger partial charge on any atom is 0.335 e. The molecule has 0 atom stereocenters. The fourth-order valence-electron chi connectivity index (χ4n) is 2.43. The van der Waals surface area contributed by atoms with Crippen molar-refractivity contribution in [1.29, 1.82) is 0 Å². The van der Waals surface area contributed by atoms with Gasteiger partial charge in [-0.1, -0.05) is 70.5 Å². The molecule has 0 aliphatic carbocycles. The van der Waals surface area contributed by atoms with Crippen LogP contribution in [-0.2, 0) is 0 Å². The topological polar surface area (TPSA) is 40.5 Å². The van der Waals surface area contributed by atoms with Crippen molar-refractivity contribution in [2.24, 2.45) is 0 Å². The van der Waals surface area contributed by atoms with E-state index in [1.807, 2.05) is 44.4 Å². The van der Waals surface area contributed by atoms with Gasteiger partial charge in [0.2, 0.25) is 0 Å². The first-order chi connectivity index (χ1) is 12.5. The van der Waals surface area contributed by atoms with Gasteiger partial charge >= 0.3 is 5.97 Å². The summed E-state index contributed by atoms with van der Waals surface area (Å²) in [6, 6.07) is 26.0. The van der Waals surface area contributed by atoms with Crippen molar-refractivity contribution in [2.75, 3.05) is 19.0 Å². The molecule has 0 amide bonds. The van der Waals surface area contributed by atoms with Crippen LogP contribution >= 0.6 is 0 Å². The summed E-state index contributed by atoms with van der Waals surface area (Å²) < 4.78 is 0. The zero-order valence-corrected chi connectivity index (χ0v) is 16.9. The van der Waals surface area contributed by atoms with Crippen LogP contribution in [0.5, 0.6) is 0 Å². The second kappa shape index (κ2) is 9.58. The van der Waals surface area contributed by atoms with Crippen molar-refractivity contribution in [2.45, 2.75) is 6.92 Å². The number of hydrogen-bond acceptors (Lipinski definition) is 2. The van der Waals surface area contributed by atoms with Crippen LogP contribution in [0.25, 0.3) is 0 Å². The molecule has 3 nitrogen and oxygen atoms in total. The summed E-state index contributed by atoms with van der Waals surface area (Å²) in [4.78, 5) is 12.8. The number of nitrogens with zero attached hydrogens (tertiary/aromatic N) is 1. The summed E-state index contributed by atoms with van der Waals surface area (Å²) in [5, 5.41) is 11.4. The number of rotatable bonds is 4. The summed E-state index contributed by atoms with van der Waals surface area (Å²) in [5.41, 5.74) is 2.87. The molecular weight excluding hydrogens is 338 g/mol. The third-order valence-corrected chi connectivity index (χ3v) is 5.76. The molecule has 3 aromatic carbocycles. The summed E-state index contributed by atoms with van der Waals surface area (Å²) >= 11 is 0. The van der Waals surface area contributed by atoms with E-state index in [2.05, 4.69) is 48.2 Å². The van der Waals surface area contributed by atoms with E-state index in [0.29, 0.717) is 5.56 Å². The monoisotopic (exact) mass is 363 g/mol. The molecule has 0 radical (unpaired) electrons. The molecule has 0 unspecified atom stereocenters. The van der Waals surface area contributed by atoms with E-state index in [1.54, 1.807) is 12.1 Å². The number of carboxylic acids is 1. The van der Waals surface area contributed by atoms with Crippen molar-refractivity contribution in [3.05, 3.63) is 90.0 Å². The molecule has 0 saturated carbocycles. The summed E-state index contributed by atoms with van der Waals surface area (Å²) in [6.45, 7) is 2.08. The second-order valence-electron chi connectivity index (χ2n) is 6.39. The molecule has 0 fully saturated rings. The van der Waals surface area contributed by atoms with Crippen molar-refractivity contribution in [3.8, 4) is 0 Å². The lowest BCUT2D eigenvalue weighted by Gasteiger charge is -2.10. The predicted molar refractivity (Wildman–Crippen MR) is 113 cm³/mol. The molecule has 1 N–H and O–H groups in total. The highest BCUT2D eigenvalue weighted by Crippen LogP contribution is 2.07. The van der Waals surface area contributed by atoms with E-state index in [-0.39, 0.29) is 0 Å². The van der Waals surface area contributed by atoms with E-state index in [0.717, 1.165) is 0 Å². The van der Waals surface area contributed by atoms with Crippen molar-refractivity contribution >= 4 is 31.5 Å². The lowest BCUT2D eigenvalue weighted by Crippen LogP contribution is -2.26. The molecule has 3 rings (SSSR count). The zero-order chi connectivity index (χ0) is 18.9. The van der Waals surface area contributed by atoms with E-state index >= 15 is 0 Å². The normalized spacial score (nSPS) is 10.3. The van der Waals surface area contributed by atoms with Crippen molar-refractivity contribution in [1.82, 2.24) is 0 Å². The van der Waals surface area contributed by atoms with Gasteiger partial charge in [-0.2, -0.15) is 0 Å². The van der Waals surface area contributed by atoms with Crippen LogP contribution < -0.4 is 15.3 Å². The highest BCUT2D eigenvalue weighted by Gasteiger charge is 2.02. The maximum atomic E-state index is 10.7. The summed E-state index contributed by atoms with van der Waals surface area (Å²) in [5.74, 6) is -0.867. The van der Waals surface area contributed by atoms with E-state index < -0.39 is 15.5 Å². The molecule has 26 heavy (non-hydrogen) atoms. The minimum absolute atomic E-state index is 0.353. The third kappa shape index (κ3) is 6.22. The Balaban J connectivity index is 0.000000228. The first-order valence-electron chi connectivity index (χ1n) is 8.56. The van der Waals surface area contributed by atoms with Gasteiger partial charge in [0.15, 0.2) is 0 Å². The zero-order valence-electron chi connectivity index (χ0n) is 15.5. The molecule has 0 aliphatic heterocycles. The van der Waals surface area contributed by atoms with Crippen molar-refractivity contribution < 1.29 is 9.90 Å². The highest BCUT2D eigenvalue weighted by atomic mass is 28.2. The Hall–Kier alpha value is -2.85. The molecule has 0 aromatic heterocycles. The van der Waals surface area contributed by atoms with Crippen LogP contribution in [-0.4, -0.2) is 34.7 Å². The summed E-state index contributed by atoms with van der Waals surface area (Å²) in [6.07, 6.45) is 0. The molecule has 0 bridgehead atoms. The Morgan fingerprint density at radius 3 is 1.73 bits per heavy atom. The average Bonchev–Trinajstić information content (AvgIpc) is 2.65. The smallest absolute Gasteiger partial charge is 0.335 e. The van der Waals surface area contributed by atoms with Crippen LogP contribution in [0.2, 0.25) is 0 Å². The number of anilines is 1. The van der Waals surface area contributed by atoms with Gasteiger partial charge in [-0.15, -0.1) is 0 Å². The number of hydrogen-bond donors (Lipinski definition) is 1. The van der Waals surface area contributed by atoms with Gasteiger partial charge in [0.05, 0.1) is 15.1 Å². The van der Waals surface area contributed by atoms with Crippen LogP contribution in [0.4, 0.5) is 5.69 Å². The maximum absolute atomic E-state index is 10.7. The Bertz CT molecular complexity index is 813. The van der Waals surface area contributed by atoms with Gasteiger partial charge in [0, 0.05) is 19.8 Å². The van der Waals surface area contributed by atoms with Gasteiger partial charge in [-0.25, -0.2) is 4.79 Å². The number of aryl methyl sites for hydroxylation is 1. The van der Waals surface area contributed by atoms with Crippen LogP contribution in [0.15, 0.2) is 78.9 Å². The van der Waals surface area contributed by atoms with Gasteiger partial charge in [0.1, 0.15) is 0 Å². The minimum Gasteiger partial charge on any atom is -0.478 e. The van der Waals surface area contributed by atoms with E-state index in [4.69, 9.17) is 5.11 Å². The van der Waals surface area contributed by atoms with Crippen LogP contribution in [0.1, 0.15) is 15.9 Å². The second-order valence-corrected chi connectivity index (χ2v) is 8.38. The van der Waals surface area contributed by atoms with Crippen molar-refractivity contribution in [3.63, 3.8) is 0 Å². The fraction of sp³-hybridized carbons (Fsp3) is 0.136. The van der Waals surface area contributed by atoms with Crippen LogP contribution in [0, 0.1) is 6.92 Å². The minimum atomic E-state index is -0.867.